The van der Waals surface area contributed by atoms with Gasteiger partial charge in [0.05, 0.1) is 5.92 Å². The summed E-state index contributed by atoms with van der Waals surface area (Å²) in [5.74, 6) is -0.366. The third-order valence-electron chi connectivity index (χ3n) is 2.41. The van der Waals surface area contributed by atoms with Crippen molar-refractivity contribution >= 4 is 12.4 Å². The molecule has 1 amide bonds. The molecule has 4 heteroatoms. The van der Waals surface area contributed by atoms with Crippen molar-refractivity contribution in [1.29, 1.82) is 0 Å². The second-order valence-corrected chi connectivity index (χ2v) is 3.48. The molecule has 0 bridgehead atoms. The highest BCUT2D eigenvalue weighted by atomic mass is 16.6. The SMILES string of the molecule is CC[C@H](C=O)[C@H](OC(N)=O)c1ccccc1. The molecule has 0 unspecified atom stereocenters. The van der Waals surface area contributed by atoms with Crippen LogP contribution in [0.1, 0.15) is 25.0 Å². The Morgan fingerprint density at radius 3 is 2.50 bits per heavy atom. The van der Waals surface area contributed by atoms with Gasteiger partial charge in [0.15, 0.2) is 0 Å². The number of nitrogens with two attached hydrogens (primary N) is 1. The molecule has 0 aromatic heterocycles. The van der Waals surface area contributed by atoms with E-state index in [0.717, 1.165) is 11.8 Å². The average molecular weight is 221 g/mol. The van der Waals surface area contributed by atoms with E-state index in [9.17, 15) is 9.59 Å². The quantitative estimate of drug-likeness (QED) is 0.773. The number of hydrogen-bond donors (Lipinski definition) is 1. The molecule has 2 atom stereocenters. The van der Waals surface area contributed by atoms with Crippen LogP contribution in [0.15, 0.2) is 30.3 Å². The zero-order valence-electron chi connectivity index (χ0n) is 9.13. The fourth-order valence-corrected chi connectivity index (χ4v) is 1.55. The summed E-state index contributed by atoms with van der Waals surface area (Å²) in [6, 6.07) is 9.11. The first-order chi connectivity index (χ1) is 7.69. The number of benzene rings is 1. The molecule has 86 valence electrons. The first kappa shape index (κ1) is 12.2. The first-order valence-corrected chi connectivity index (χ1v) is 5.15. The minimum Gasteiger partial charge on any atom is -0.441 e. The molecule has 2 N–H and O–H groups in total. The molecule has 0 heterocycles. The Balaban J connectivity index is 2.95. The summed E-state index contributed by atoms with van der Waals surface area (Å²) < 4.78 is 4.99. The van der Waals surface area contributed by atoms with Crippen molar-refractivity contribution in [3.63, 3.8) is 0 Å². The van der Waals surface area contributed by atoms with Crippen molar-refractivity contribution in [2.45, 2.75) is 19.4 Å². The smallest absolute Gasteiger partial charge is 0.405 e. The second-order valence-electron chi connectivity index (χ2n) is 3.48. The fourth-order valence-electron chi connectivity index (χ4n) is 1.55. The number of ether oxygens (including phenoxy) is 1. The van der Waals surface area contributed by atoms with E-state index in [-0.39, 0.29) is 5.92 Å². The summed E-state index contributed by atoms with van der Waals surface area (Å²) >= 11 is 0. The van der Waals surface area contributed by atoms with Crippen LogP contribution < -0.4 is 5.73 Å². The van der Waals surface area contributed by atoms with Crippen molar-refractivity contribution in [3.8, 4) is 0 Å². The second kappa shape index (κ2) is 5.90. The molecule has 0 radical (unpaired) electrons. The lowest BCUT2D eigenvalue weighted by Crippen LogP contribution is -2.23. The molecule has 0 aliphatic rings. The van der Waals surface area contributed by atoms with Crippen LogP contribution in [0.4, 0.5) is 4.79 Å². The lowest BCUT2D eigenvalue weighted by Gasteiger charge is -2.21. The van der Waals surface area contributed by atoms with E-state index in [1.165, 1.54) is 0 Å². The molecular weight excluding hydrogens is 206 g/mol. The van der Waals surface area contributed by atoms with Crippen LogP contribution in [0.2, 0.25) is 0 Å². The molecule has 0 aliphatic heterocycles. The third kappa shape index (κ3) is 3.08. The van der Waals surface area contributed by atoms with Gasteiger partial charge in [-0.3, -0.25) is 0 Å². The number of rotatable bonds is 5. The van der Waals surface area contributed by atoms with Gasteiger partial charge in [0.2, 0.25) is 0 Å². The van der Waals surface area contributed by atoms with E-state index >= 15 is 0 Å². The van der Waals surface area contributed by atoms with Crippen molar-refractivity contribution in [2.24, 2.45) is 11.7 Å². The zero-order chi connectivity index (χ0) is 12.0. The third-order valence-corrected chi connectivity index (χ3v) is 2.41. The highest BCUT2D eigenvalue weighted by molar-refractivity contribution is 5.66. The predicted octanol–water partition coefficient (Wildman–Crippen LogP) is 2.05. The van der Waals surface area contributed by atoms with Gasteiger partial charge < -0.3 is 15.3 Å². The number of carbonyl (C=O) groups excluding carboxylic acids is 2. The molecule has 1 rings (SSSR count). The minimum atomic E-state index is -0.867. The summed E-state index contributed by atoms with van der Waals surface area (Å²) in [4.78, 5) is 21.7. The van der Waals surface area contributed by atoms with Crippen LogP contribution in [-0.4, -0.2) is 12.4 Å². The maximum atomic E-state index is 10.9. The summed E-state index contributed by atoms with van der Waals surface area (Å²) in [5.41, 5.74) is 5.78. The van der Waals surface area contributed by atoms with Crippen LogP contribution in [0.3, 0.4) is 0 Å². The van der Waals surface area contributed by atoms with E-state index in [2.05, 4.69) is 0 Å². The van der Waals surface area contributed by atoms with Gasteiger partial charge in [-0.15, -0.1) is 0 Å². The Kier molecular flexibility index (Phi) is 4.51. The van der Waals surface area contributed by atoms with Gasteiger partial charge in [-0.1, -0.05) is 37.3 Å². The summed E-state index contributed by atoms with van der Waals surface area (Å²) in [6.07, 6.45) is -0.0768. The van der Waals surface area contributed by atoms with Crippen LogP contribution in [0.25, 0.3) is 0 Å². The number of primary amides is 1. The molecule has 0 saturated carbocycles. The summed E-state index contributed by atoms with van der Waals surface area (Å²) in [7, 11) is 0. The van der Waals surface area contributed by atoms with Crippen LogP contribution in [0, 0.1) is 5.92 Å². The van der Waals surface area contributed by atoms with Gasteiger partial charge >= 0.3 is 6.09 Å². The summed E-state index contributed by atoms with van der Waals surface area (Å²) in [5, 5.41) is 0. The van der Waals surface area contributed by atoms with Crippen molar-refractivity contribution in [1.82, 2.24) is 0 Å². The Hall–Kier alpha value is -1.84. The molecule has 1 aromatic rings. The van der Waals surface area contributed by atoms with E-state index in [1.54, 1.807) is 12.1 Å². The summed E-state index contributed by atoms with van der Waals surface area (Å²) in [6.45, 7) is 1.86. The fraction of sp³-hybridized carbons (Fsp3) is 0.333. The maximum Gasteiger partial charge on any atom is 0.405 e. The van der Waals surface area contributed by atoms with Gasteiger partial charge in [-0.05, 0) is 12.0 Å². The van der Waals surface area contributed by atoms with Gasteiger partial charge in [-0.25, -0.2) is 4.79 Å². The minimum absolute atomic E-state index is 0.366. The number of hydrogen-bond acceptors (Lipinski definition) is 3. The zero-order valence-corrected chi connectivity index (χ0v) is 9.13. The Labute approximate surface area is 94.4 Å². The lowest BCUT2D eigenvalue weighted by atomic mass is 9.95. The molecular formula is C12H15NO3. The predicted molar refractivity (Wildman–Crippen MR) is 59.7 cm³/mol. The van der Waals surface area contributed by atoms with Crippen molar-refractivity contribution in [3.05, 3.63) is 35.9 Å². The molecule has 1 aromatic carbocycles. The van der Waals surface area contributed by atoms with Crippen molar-refractivity contribution < 1.29 is 14.3 Å². The van der Waals surface area contributed by atoms with Crippen LogP contribution in [-0.2, 0) is 9.53 Å². The van der Waals surface area contributed by atoms with Gasteiger partial charge in [0.1, 0.15) is 12.4 Å². The molecule has 0 fully saturated rings. The number of aldehydes is 1. The van der Waals surface area contributed by atoms with Crippen molar-refractivity contribution in [2.75, 3.05) is 0 Å². The Bertz CT molecular complexity index is 351. The van der Waals surface area contributed by atoms with E-state index in [0.29, 0.717) is 6.42 Å². The Morgan fingerprint density at radius 2 is 2.06 bits per heavy atom. The molecule has 0 saturated heterocycles. The van der Waals surface area contributed by atoms with E-state index < -0.39 is 12.2 Å². The van der Waals surface area contributed by atoms with Crippen LogP contribution >= 0.6 is 0 Å². The van der Waals surface area contributed by atoms with E-state index in [4.69, 9.17) is 10.5 Å². The molecule has 0 spiro atoms. The normalized spacial score (nSPS) is 13.8. The average Bonchev–Trinajstić information content (AvgIpc) is 2.30. The molecule has 0 aliphatic carbocycles. The topological polar surface area (TPSA) is 69.4 Å². The number of carbonyl (C=O) groups is 2. The largest absolute Gasteiger partial charge is 0.441 e. The number of amides is 1. The lowest BCUT2D eigenvalue weighted by molar-refractivity contribution is -0.114. The van der Waals surface area contributed by atoms with Crippen LogP contribution in [0.5, 0.6) is 0 Å². The first-order valence-electron chi connectivity index (χ1n) is 5.15. The highest BCUT2D eigenvalue weighted by Gasteiger charge is 2.24. The molecule has 4 nitrogen and oxygen atoms in total. The Morgan fingerprint density at radius 1 is 1.44 bits per heavy atom. The van der Waals surface area contributed by atoms with Gasteiger partial charge in [0, 0.05) is 0 Å². The standard InChI is InChI=1S/C12H15NO3/c1-2-9(8-14)11(16-12(13)15)10-6-4-3-5-7-10/h3-9,11H,2H2,1H3,(H2,13,15)/t9-,11+/m1/s1. The maximum absolute atomic E-state index is 10.9. The van der Waals surface area contributed by atoms with E-state index in [1.807, 2.05) is 25.1 Å². The van der Waals surface area contributed by atoms with Gasteiger partial charge in [0.25, 0.3) is 0 Å². The monoisotopic (exact) mass is 221 g/mol. The highest BCUT2D eigenvalue weighted by Crippen LogP contribution is 2.26. The molecule has 16 heavy (non-hydrogen) atoms. The van der Waals surface area contributed by atoms with Gasteiger partial charge in [-0.2, -0.15) is 0 Å².